The van der Waals surface area contributed by atoms with Crippen LogP contribution in [-0.2, 0) is 4.79 Å². The highest BCUT2D eigenvalue weighted by molar-refractivity contribution is 5.98. The van der Waals surface area contributed by atoms with Gasteiger partial charge < -0.3 is 15.5 Å². The number of benzene rings is 1. The van der Waals surface area contributed by atoms with E-state index in [0.717, 1.165) is 0 Å². The molecule has 1 rings (SSSR count). The van der Waals surface area contributed by atoms with Gasteiger partial charge in [0.1, 0.15) is 13.2 Å². The van der Waals surface area contributed by atoms with Gasteiger partial charge in [-0.15, -0.1) is 0 Å². The highest BCUT2D eigenvalue weighted by Crippen LogP contribution is 2.06. The van der Waals surface area contributed by atoms with Crippen molar-refractivity contribution in [1.82, 2.24) is 5.32 Å². The second-order valence-corrected chi connectivity index (χ2v) is 3.08. The van der Waals surface area contributed by atoms with Gasteiger partial charge in [0.2, 0.25) is 0 Å². The van der Waals surface area contributed by atoms with E-state index < -0.39 is 18.4 Å². The van der Waals surface area contributed by atoms with Crippen molar-refractivity contribution in [2.45, 2.75) is 0 Å². The van der Waals surface area contributed by atoms with E-state index in [0.29, 0.717) is 5.56 Å². The summed E-state index contributed by atoms with van der Waals surface area (Å²) in [6, 6.07) is 6.52. The third-order valence-corrected chi connectivity index (χ3v) is 1.87. The number of carbonyl (C=O) groups is 2. The van der Waals surface area contributed by atoms with Gasteiger partial charge >= 0.3 is 5.97 Å². The molecular weight excluding hydrogens is 222 g/mol. The molecule has 88 valence electrons. The molecule has 1 aromatic rings. The average molecular weight is 233 g/mol. The second-order valence-electron chi connectivity index (χ2n) is 3.08. The van der Waals surface area contributed by atoms with Crippen LogP contribution in [0.2, 0.25) is 0 Å². The number of carbonyl (C=O) groups excluding carboxylic acids is 1. The summed E-state index contributed by atoms with van der Waals surface area (Å²) in [5, 5.41) is 19.3. The molecule has 0 aliphatic heterocycles. The smallest absolute Gasteiger partial charge is 0.322 e. The Hall–Kier alpha value is -2.32. The van der Waals surface area contributed by atoms with E-state index in [-0.39, 0.29) is 12.2 Å². The molecule has 1 amide bonds. The first-order valence-electron chi connectivity index (χ1n) is 4.84. The number of carboxylic acid groups (broad SMARTS) is 1. The van der Waals surface area contributed by atoms with Crippen molar-refractivity contribution in [3.63, 3.8) is 0 Å². The Kier molecular flexibility index (Phi) is 4.73. The summed E-state index contributed by atoms with van der Waals surface area (Å²) in [6.07, 6.45) is 0. The minimum absolute atomic E-state index is 0.287. The van der Waals surface area contributed by atoms with Gasteiger partial charge in [-0.1, -0.05) is 24.0 Å². The van der Waals surface area contributed by atoms with Crippen LogP contribution in [0, 0.1) is 11.8 Å². The Labute approximate surface area is 98.1 Å². The largest absolute Gasteiger partial charge is 0.480 e. The first kappa shape index (κ1) is 12.7. The van der Waals surface area contributed by atoms with Crippen LogP contribution in [0.5, 0.6) is 0 Å². The van der Waals surface area contributed by atoms with Crippen LogP contribution in [0.15, 0.2) is 24.3 Å². The molecule has 0 saturated carbocycles. The van der Waals surface area contributed by atoms with E-state index >= 15 is 0 Å². The maximum Gasteiger partial charge on any atom is 0.322 e. The third kappa shape index (κ3) is 3.97. The molecule has 0 heterocycles. The highest BCUT2D eigenvalue weighted by Gasteiger charge is 2.10. The normalized spacial score (nSPS) is 9.00. The molecule has 5 heteroatoms. The Morgan fingerprint density at radius 1 is 1.29 bits per heavy atom. The molecule has 0 atom stereocenters. The molecule has 5 nitrogen and oxygen atoms in total. The topological polar surface area (TPSA) is 86.6 Å². The lowest BCUT2D eigenvalue weighted by Gasteiger charge is -2.04. The Balaban J connectivity index is 2.89. The average Bonchev–Trinajstić information content (AvgIpc) is 2.33. The van der Waals surface area contributed by atoms with Gasteiger partial charge in [-0.05, 0) is 12.1 Å². The molecule has 0 aromatic heterocycles. The Bertz CT molecular complexity index is 485. The van der Waals surface area contributed by atoms with Gasteiger partial charge in [0.05, 0.1) is 5.56 Å². The minimum Gasteiger partial charge on any atom is -0.480 e. The lowest BCUT2D eigenvalue weighted by molar-refractivity contribution is -0.135. The maximum atomic E-state index is 11.6. The molecule has 0 aliphatic rings. The van der Waals surface area contributed by atoms with Crippen LogP contribution in [0.4, 0.5) is 0 Å². The number of hydrogen-bond acceptors (Lipinski definition) is 3. The van der Waals surface area contributed by atoms with Crippen molar-refractivity contribution in [3.05, 3.63) is 35.4 Å². The molecule has 0 saturated heterocycles. The zero-order valence-corrected chi connectivity index (χ0v) is 8.93. The third-order valence-electron chi connectivity index (χ3n) is 1.87. The zero-order chi connectivity index (χ0) is 12.7. The fourth-order valence-electron chi connectivity index (χ4n) is 1.18. The van der Waals surface area contributed by atoms with Crippen molar-refractivity contribution in [1.29, 1.82) is 0 Å². The number of aliphatic hydroxyl groups is 1. The number of amides is 1. The lowest BCUT2D eigenvalue weighted by Crippen LogP contribution is -2.29. The van der Waals surface area contributed by atoms with Crippen LogP contribution in [0.25, 0.3) is 0 Å². The van der Waals surface area contributed by atoms with Crippen molar-refractivity contribution in [3.8, 4) is 11.8 Å². The van der Waals surface area contributed by atoms with Gasteiger partial charge in [0.15, 0.2) is 0 Å². The quantitative estimate of drug-likeness (QED) is 0.633. The number of carboxylic acids is 1. The molecule has 0 spiro atoms. The fourth-order valence-corrected chi connectivity index (χ4v) is 1.18. The molecule has 0 bridgehead atoms. The zero-order valence-electron chi connectivity index (χ0n) is 8.93. The monoisotopic (exact) mass is 233 g/mol. The highest BCUT2D eigenvalue weighted by atomic mass is 16.4. The molecule has 0 fully saturated rings. The molecule has 0 aliphatic carbocycles. The number of aliphatic carboxylic acids is 1. The lowest BCUT2D eigenvalue weighted by atomic mass is 10.1. The van der Waals surface area contributed by atoms with Gasteiger partial charge in [-0.2, -0.15) is 0 Å². The molecule has 3 N–H and O–H groups in total. The van der Waals surface area contributed by atoms with Crippen LogP contribution in [-0.4, -0.2) is 35.2 Å². The Morgan fingerprint density at radius 3 is 2.65 bits per heavy atom. The van der Waals surface area contributed by atoms with Crippen molar-refractivity contribution >= 4 is 11.9 Å². The first-order valence-corrected chi connectivity index (χ1v) is 4.84. The second kappa shape index (κ2) is 6.30. The molecule has 0 unspecified atom stereocenters. The van der Waals surface area contributed by atoms with Crippen molar-refractivity contribution < 1.29 is 19.8 Å². The maximum absolute atomic E-state index is 11.6. The standard InChI is InChI=1S/C12H11NO4/c14-7-3-5-9-4-1-2-6-10(9)12(17)13-8-11(15)16/h1-2,4,6,14H,7-8H2,(H,13,17)(H,15,16). The number of rotatable bonds is 3. The summed E-state index contributed by atoms with van der Waals surface area (Å²) >= 11 is 0. The van der Waals surface area contributed by atoms with Crippen LogP contribution in [0.1, 0.15) is 15.9 Å². The van der Waals surface area contributed by atoms with Gasteiger partial charge in [0, 0.05) is 5.56 Å². The summed E-state index contributed by atoms with van der Waals surface area (Å²) in [5.74, 6) is 3.44. The Morgan fingerprint density at radius 2 is 2.00 bits per heavy atom. The predicted molar refractivity (Wildman–Crippen MR) is 60.4 cm³/mol. The van der Waals surface area contributed by atoms with Crippen molar-refractivity contribution in [2.75, 3.05) is 13.2 Å². The summed E-state index contributed by atoms with van der Waals surface area (Å²) in [6.45, 7) is -0.744. The number of nitrogens with one attached hydrogen (secondary N) is 1. The van der Waals surface area contributed by atoms with E-state index in [1.54, 1.807) is 24.3 Å². The number of hydrogen-bond donors (Lipinski definition) is 3. The first-order chi connectivity index (χ1) is 8.15. The SMILES string of the molecule is O=C(O)CNC(=O)c1ccccc1C#CCO. The van der Waals surface area contributed by atoms with E-state index in [4.69, 9.17) is 10.2 Å². The van der Waals surface area contributed by atoms with Gasteiger partial charge in [0.25, 0.3) is 5.91 Å². The minimum atomic E-state index is -1.11. The van der Waals surface area contributed by atoms with Crippen LogP contribution < -0.4 is 5.32 Å². The van der Waals surface area contributed by atoms with E-state index in [2.05, 4.69) is 17.2 Å². The summed E-state index contributed by atoms with van der Waals surface area (Å²) in [7, 11) is 0. The summed E-state index contributed by atoms with van der Waals surface area (Å²) < 4.78 is 0. The molecule has 0 radical (unpaired) electrons. The van der Waals surface area contributed by atoms with Crippen molar-refractivity contribution in [2.24, 2.45) is 0 Å². The predicted octanol–water partition coefficient (Wildman–Crippen LogP) is -0.155. The fraction of sp³-hybridized carbons (Fsp3) is 0.167. The van der Waals surface area contributed by atoms with Gasteiger partial charge in [-0.25, -0.2) is 0 Å². The summed E-state index contributed by atoms with van der Waals surface area (Å²) in [5.41, 5.74) is 0.735. The van der Waals surface area contributed by atoms with E-state index in [9.17, 15) is 9.59 Å². The van der Waals surface area contributed by atoms with Crippen LogP contribution >= 0.6 is 0 Å². The van der Waals surface area contributed by atoms with E-state index in [1.165, 1.54) is 0 Å². The number of aliphatic hydroxyl groups excluding tert-OH is 1. The molecule has 1 aromatic carbocycles. The van der Waals surface area contributed by atoms with Gasteiger partial charge in [-0.3, -0.25) is 9.59 Å². The molecular formula is C12H11NO4. The molecule has 17 heavy (non-hydrogen) atoms. The van der Waals surface area contributed by atoms with E-state index in [1.807, 2.05) is 0 Å². The van der Waals surface area contributed by atoms with Crippen LogP contribution in [0.3, 0.4) is 0 Å². The summed E-state index contributed by atoms with van der Waals surface area (Å²) in [4.78, 5) is 21.9.